The number of thiophene rings is 1. The van der Waals surface area contributed by atoms with Crippen LogP contribution in [0.25, 0.3) is 0 Å². The van der Waals surface area contributed by atoms with Crippen molar-refractivity contribution in [2.24, 2.45) is 4.99 Å². The Balaban J connectivity index is 0.00000264. The molecule has 126 valence electrons. The van der Waals surface area contributed by atoms with Gasteiger partial charge in [-0.05, 0) is 37.3 Å². The molecule has 0 fully saturated rings. The molecule has 0 saturated heterocycles. The van der Waals surface area contributed by atoms with E-state index in [-0.39, 0.29) is 29.7 Å². The molecule has 2 rings (SSSR count). The number of benzene rings is 1. The summed E-state index contributed by atoms with van der Waals surface area (Å²) in [5, 5.41) is 16.3. The average Bonchev–Trinajstić information content (AvgIpc) is 2.94. The van der Waals surface area contributed by atoms with Gasteiger partial charge in [0, 0.05) is 28.9 Å². The van der Waals surface area contributed by atoms with Crippen LogP contribution in [0.4, 0.5) is 0 Å². The summed E-state index contributed by atoms with van der Waals surface area (Å²) < 4.78 is 5.17. The molecule has 0 bridgehead atoms. The highest BCUT2D eigenvalue weighted by Crippen LogP contribution is 2.22. The van der Waals surface area contributed by atoms with E-state index in [1.165, 1.54) is 9.75 Å². The van der Waals surface area contributed by atoms with Crippen LogP contribution < -0.4 is 15.4 Å². The van der Waals surface area contributed by atoms with Gasteiger partial charge in [0.25, 0.3) is 0 Å². The summed E-state index contributed by atoms with van der Waals surface area (Å²) in [4.78, 5) is 6.73. The molecule has 0 saturated carbocycles. The van der Waals surface area contributed by atoms with E-state index in [0.717, 1.165) is 12.1 Å². The van der Waals surface area contributed by atoms with Crippen LogP contribution >= 0.6 is 35.3 Å². The summed E-state index contributed by atoms with van der Waals surface area (Å²) in [6.07, 6.45) is 0. The zero-order valence-electron chi connectivity index (χ0n) is 13.4. The molecule has 0 unspecified atom stereocenters. The van der Waals surface area contributed by atoms with Gasteiger partial charge in [-0.15, -0.1) is 35.3 Å². The van der Waals surface area contributed by atoms with E-state index in [4.69, 9.17) is 4.74 Å². The highest BCUT2D eigenvalue weighted by Gasteiger charge is 2.05. The number of guanidine groups is 1. The molecule has 5 nitrogen and oxygen atoms in total. The van der Waals surface area contributed by atoms with Crippen LogP contribution in [-0.2, 0) is 13.1 Å². The molecule has 7 heteroatoms. The van der Waals surface area contributed by atoms with Crippen molar-refractivity contribution in [2.75, 3.05) is 14.2 Å². The van der Waals surface area contributed by atoms with Crippen molar-refractivity contribution < 1.29 is 9.84 Å². The summed E-state index contributed by atoms with van der Waals surface area (Å²) in [6.45, 7) is 3.28. The summed E-state index contributed by atoms with van der Waals surface area (Å²) in [5.41, 5.74) is 0.759. The van der Waals surface area contributed by atoms with Gasteiger partial charge in [-0.25, -0.2) is 0 Å². The molecule has 23 heavy (non-hydrogen) atoms. The minimum atomic E-state index is 0. The molecule has 3 N–H and O–H groups in total. The first-order valence-electron chi connectivity index (χ1n) is 6.98. The highest BCUT2D eigenvalue weighted by atomic mass is 127. The van der Waals surface area contributed by atoms with Gasteiger partial charge in [-0.2, -0.15) is 0 Å². The van der Waals surface area contributed by atoms with Gasteiger partial charge in [0.05, 0.1) is 13.7 Å². The Kier molecular flexibility index (Phi) is 8.18. The third kappa shape index (κ3) is 5.91. The van der Waals surface area contributed by atoms with Crippen molar-refractivity contribution in [3.8, 4) is 11.5 Å². The van der Waals surface area contributed by atoms with Gasteiger partial charge in [0.2, 0.25) is 0 Å². The van der Waals surface area contributed by atoms with Crippen molar-refractivity contribution >= 4 is 41.3 Å². The van der Waals surface area contributed by atoms with Gasteiger partial charge in [-0.3, -0.25) is 4.99 Å². The number of rotatable bonds is 5. The molecule has 0 aliphatic heterocycles. The second-order valence-electron chi connectivity index (χ2n) is 4.79. The Morgan fingerprint density at radius 3 is 2.57 bits per heavy atom. The highest BCUT2D eigenvalue weighted by molar-refractivity contribution is 14.0. The first-order valence-corrected chi connectivity index (χ1v) is 7.79. The van der Waals surface area contributed by atoms with Crippen molar-refractivity contribution in [3.05, 3.63) is 45.6 Å². The van der Waals surface area contributed by atoms with E-state index in [1.54, 1.807) is 43.7 Å². The second kappa shape index (κ2) is 9.61. The van der Waals surface area contributed by atoms with Crippen molar-refractivity contribution in [1.29, 1.82) is 0 Å². The zero-order valence-corrected chi connectivity index (χ0v) is 16.6. The van der Waals surface area contributed by atoms with E-state index in [2.05, 4.69) is 34.7 Å². The van der Waals surface area contributed by atoms with Crippen LogP contribution in [0.2, 0.25) is 0 Å². The number of hydrogen-bond acceptors (Lipinski definition) is 4. The third-order valence-corrected chi connectivity index (χ3v) is 4.18. The number of hydrogen-bond donors (Lipinski definition) is 3. The number of nitrogens with zero attached hydrogens (tertiary/aromatic N) is 1. The molecule has 1 heterocycles. The quantitative estimate of drug-likeness (QED) is 0.374. The van der Waals surface area contributed by atoms with Crippen molar-refractivity contribution in [1.82, 2.24) is 10.6 Å². The van der Waals surface area contributed by atoms with Crippen molar-refractivity contribution in [2.45, 2.75) is 20.0 Å². The summed E-state index contributed by atoms with van der Waals surface area (Å²) in [5.74, 6) is 1.64. The average molecular weight is 447 g/mol. The zero-order chi connectivity index (χ0) is 15.9. The van der Waals surface area contributed by atoms with Crippen LogP contribution in [0.5, 0.6) is 11.5 Å². The Morgan fingerprint density at radius 2 is 1.96 bits per heavy atom. The topological polar surface area (TPSA) is 65.9 Å². The van der Waals surface area contributed by atoms with Gasteiger partial charge >= 0.3 is 0 Å². The number of aliphatic imine (C=N–C) groups is 1. The second-order valence-corrected chi connectivity index (χ2v) is 6.16. The maximum Gasteiger partial charge on any atom is 0.191 e. The monoisotopic (exact) mass is 447 g/mol. The van der Waals surface area contributed by atoms with E-state index < -0.39 is 0 Å². The van der Waals surface area contributed by atoms with E-state index >= 15 is 0 Å². The fraction of sp³-hybridized carbons (Fsp3) is 0.312. The number of aromatic hydroxyl groups is 1. The van der Waals surface area contributed by atoms with Crippen LogP contribution in [-0.4, -0.2) is 25.2 Å². The van der Waals surface area contributed by atoms with Crippen LogP contribution in [0, 0.1) is 6.92 Å². The number of phenols is 1. The van der Waals surface area contributed by atoms with Crippen molar-refractivity contribution in [3.63, 3.8) is 0 Å². The molecular weight excluding hydrogens is 425 g/mol. The maximum absolute atomic E-state index is 9.87. The van der Waals surface area contributed by atoms with Gasteiger partial charge < -0.3 is 20.5 Å². The van der Waals surface area contributed by atoms with E-state index in [9.17, 15) is 5.11 Å². The van der Waals surface area contributed by atoms with E-state index in [0.29, 0.717) is 18.3 Å². The summed E-state index contributed by atoms with van der Waals surface area (Å²) in [7, 11) is 3.33. The number of halogens is 1. The Bertz CT molecular complexity index is 659. The first kappa shape index (κ1) is 19.6. The number of nitrogens with one attached hydrogen (secondary N) is 2. The number of aryl methyl sites for hydroxylation is 1. The van der Waals surface area contributed by atoms with Crippen LogP contribution in [0.3, 0.4) is 0 Å². The lowest BCUT2D eigenvalue weighted by molar-refractivity contribution is 0.410. The molecule has 0 aliphatic carbocycles. The summed E-state index contributed by atoms with van der Waals surface area (Å²) in [6, 6.07) is 9.37. The molecule has 0 radical (unpaired) electrons. The smallest absolute Gasteiger partial charge is 0.191 e. The Labute approximate surface area is 157 Å². The number of ether oxygens (including phenoxy) is 1. The maximum atomic E-state index is 9.87. The molecule has 1 aromatic carbocycles. The molecule has 1 aromatic heterocycles. The fourth-order valence-electron chi connectivity index (χ4n) is 1.98. The SMILES string of the molecule is CN=C(NCc1ccc(C)s1)NCc1cc(OC)ccc1O.I. The molecule has 0 amide bonds. The Morgan fingerprint density at radius 1 is 1.22 bits per heavy atom. The molecule has 0 spiro atoms. The first-order chi connectivity index (χ1) is 10.6. The molecule has 0 aliphatic rings. The largest absolute Gasteiger partial charge is 0.508 e. The minimum absolute atomic E-state index is 0. The number of methoxy groups -OCH3 is 1. The molecule has 2 aromatic rings. The third-order valence-electron chi connectivity index (χ3n) is 3.18. The standard InChI is InChI=1S/C16H21N3O2S.HI/c1-11-4-6-14(22-11)10-19-16(17-2)18-9-12-8-13(21-3)5-7-15(12)20;/h4-8,20H,9-10H2,1-3H3,(H2,17,18,19);1H. The van der Waals surface area contributed by atoms with Gasteiger partial charge in [-0.1, -0.05) is 0 Å². The number of phenolic OH excluding ortho intramolecular Hbond substituents is 1. The van der Waals surface area contributed by atoms with Gasteiger partial charge in [0.1, 0.15) is 11.5 Å². The molecule has 0 atom stereocenters. The minimum Gasteiger partial charge on any atom is -0.508 e. The fourth-order valence-corrected chi connectivity index (χ4v) is 2.81. The predicted molar refractivity (Wildman–Crippen MR) is 106 cm³/mol. The van der Waals surface area contributed by atoms with Crippen LogP contribution in [0.1, 0.15) is 15.3 Å². The lowest BCUT2D eigenvalue weighted by atomic mass is 10.2. The summed E-state index contributed by atoms with van der Waals surface area (Å²) >= 11 is 1.76. The van der Waals surface area contributed by atoms with Crippen LogP contribution in [0.15, 0.2) is 35.3 Å². The normalized spacial score (nSPS) is 10.8. The predicted octanol–water partition coefficient (Wildman–Crippen LogP) is 3.25. The van der Waals surface area contributed by atoms with Gasteiger partial charge in [0.15, 0.2) is 5.96 Å². The van der Waals surface area contributed by atoms with E-state index in [1.807, 2.05) is 0 Å². The lowest BCUT2D eigenvalue weighted by Gasteiger charge is -2.12. The molecular formula is C16H22IN3O2S. The lowest BCUT2D eigenvalue weighted by Crippen LogP contribution is -2.36. The Hall–Kier alpha value is -1.48.